The van der Waals surface area contributed by atoms with Crippen LogP contribution in [-0.2, 0) is 0 Å². The lowest BCUT2D eigenvalue weighted by Gasteiger charge is -2.37. The largest absolute Gasteiger partial charge is 0.376 e. The van der Waals surface area contributed by atoms with Gasteiger partial charge in [0.25, 0.3) is 0 Å². The summed E-state index contributed by atoms with van der Waals surface area (Å²) < 4.78 is 0. The smallest absolute Gasteiger partial charge is 0.163 e. The molecule has 3 heteroatoms. The van der Waals surface area contributed by atoms with E-state index in [0.29, 0.717) is 17.1 Å². The highest BCUT2D eigenvalue weighted by molar-refractivity contribution is 7.80. The molecule has 0 aromatic heterocycles. The Bertz CT molecular complexity index is 203. The molecule has 0 amide bonds. The second kappa shape index (κ2) is 4.96. The number of nitrogens with two attached hydrogens (primary N) is 1. The van der Waals surface area contributed by atoms with Crippen molar-refractivity contribution in [2.45, 2.75) is 46.1 Å². The van der Waals surface area contributed by atoms with E-state index in [4.69, 9.17) is 18.0 Å². The molecule has 3 unspecified atom stereocenters. The van der Waals surface area contributed by atoms with E-state index in [0.717, 1.165) is 11.8 Å². The number of hydrogen-bond acceptors (Lipinski definition) is 1. The van der Waals surface area contributed by atoms with Gasteiger partial charge in [0.05, 0.1) is 0 Å². The average Bonchev–Trinajstić information content (AvgIpc) is 2.01. The third kappa shape index (κ3) is 3.12. The van der Waals surface area contributed by atoms with Gasteiger partial charge in [-0.1, -0.05) is 27.2 Å². The van der Waals surface area contributed by atoms with Crippen LogP contribution in [0.1, 0.15) is 40.0 Å². The van der Waals surface area contributed by atoms with Crippen LogP contribution in [0.5, 0.6) is 0 Å². The van der Waals surface area contributed by atoms with Crippen molar-refractivity contribution in [3.63, 3.8) is 0 Å². The maximum absolute atomic E-state index is 5.55. The molecule has 3 atom stereocenters. The van der Waals surface area contributed by atoms with Crippen molar-refractivity contribution in [3.8, 4) is 0 Å². The lowest BCUT2D eigenvalue weighted by Crippen LogP contribution is -2.47. The predicted molar refractivity (Wildman–Crippen MR) is 65.1 cm³/mol. The lowest BCUT2D eigenvalue weighted by atomic mass is 9.74. The summed E-state index contributed by atoms with van der Waals surface area (Å²) in [6, 6.07) is 0.497. The number of thiocarbonyl (C=S) groups is 1. The second-order valence-corrected chi connectivity index (χ2v) is 5.38. The molecule has 1 saturated carbocycles. The summed E-state index contributed by atoms with van der Waals surface area (Å²) in [5, 5.41) is 3.71. The first kappa shape index (κ1) is 11.8. The van der Waals surface area contributed by atoms with Crippen LogP contribution in [0, 0.1) is 17.8 Å². The summed E-state index contributed by atoms with van der Waals surface area (Å²) in [6.07, 6.45) is 3.86. The van der Waals surface area contributed by atoms with Crippen molar-refractivity contribution in [3.05, 3.63) is 0 Å². The predicted octanol–water partition coefficient (Wildman–Crippen LogP) is 2.28. The number of hydrogen-bond donors (Lipinski definition) is 2. The zero-order valence-corrected chi connectivity index (χ0v) is 10.2. The molecule has 1 rings (SSSR count). The molecular formula is C11H22N2S. The molecule has 0 spiro atoms. The minimum atomic E-state index is 0.453. The van der Waals surface area contributed by atoms with Crippen LogP contribution >= 0.6 is 12.2 Å². The third-order valence-corrected chi connectivity index (χ3v) is 3.47. The first-order chi connectivity index (χ1) is 6.50. The first-order valence-electron chi connectivity index (χ1n) is 5.56. The number of rotatable bonds is 2. The van der Waals surface area contributed by atoms with Crippen molar-refractivity contribution in [1.82, 2.24) is 5.32 Å². The molecule has 1 aliphatic carbocycles. The standard InChI is InChI=1S/C11H22N2S/c1-7(2)9-5-4-8(3)6-10(9)13-11(12)14/h7-10H,4-6H2,1-3H3,(H3,12,13,14). The van der Waals surface area contributed by atoms with Gasteiger partial charge in [-0.15, -0.1) is 0 Å². The molecule has 0 aromatic rings. The van der Waals surface area contributed by atoms with Crippen molar-refractivity contribution < 1.29 is 0 Å². The molecule has 1 aliphatic rings. The van der Waals surface area contributed by atoms with E-state index in [1.165, 1.54) is 19.3 Å². The topological polar surface area (TPSA) is 38.0 Å². The van der Waals surface area contributed by atoms with Crippen LogP contribution in [0.25, 0.3) is 0 Å². The number of nitrogens with one attached hydrogen (secondary N) is 1. The minimum Gasteiger partial charge on any atom is -0.376 e. The zero-order valence-electron chi connectivity index (χ0n) is 9.42. The Morgan fingerprint density at radius 1 is 1.43 bits per heavy atom. The van der Waals surface area contributed by atoms with Crippen molar-refractivity contribution >= 4 is 17.3 Å². The molecule has 0 aromatic carbocycles. The Balaban J connectivity index is 2.58. The molecule has 14 heavy (non-hydrogen) atoms. The van der Waals surface area contributed by atoms with Crippen molar-refractivity contribution in [2.24, 2.45) is 23.5 Å². The van der Waals surface area contributed by atoms with E-state index in [9.17, 15) is 0 Å². The summed E-state index contributed by atoms with van der Waals surface area (Å²) in [5.74, 6) is 2.25. The summed E-state index contributed by atoms with van der Waals surface area (Å²) in [6.45, 7) is 6.88. The molecule has 1 fully saturated rings. The third-order valence-electron chi connectivity index (χ3n) is 3.35. The monoisotopic (exact) mass is 214 g/mol. The van der Waals surface area contributed by atoms with Crippen LogP contribution in [0.3, 0.4) is 0 Å². The van der Waals surface area contributed by atoms with Crippen LogP contribution in [-0.4, -0.2) is 11.2 Å². The molecule has 0 saturated heterocycles. The van der Waals surface area contributed by atoms with Gasteiger partial charge < -0.3 is 11.1 Å². The normalized spacial score (nSPS) is 33.0. The van der Waals surface area contributed by atoms with Crippen molar-refractivity contribution in [1.29, 1.82) is 0 Å². The van der Waals surface area contributed by atoms with Gasteiger partial charge in [0, 0.05) is 6.04 Å². The Hall–Kier alpha value is -0.310. The molecule has 0 aliphatic heterocycles. The van der Waals surface area contributed by atoms with Crippen LogP contribution < -0.4 is 11.1 Å². The van der Waals surface area contributed by atoms with E-state index in [2.05, 4.69) is 26.1 Å². The van der Waals surface area contributed by atoms with Crippen LogP contribution in [0.2, 0.25) is 0 Å². The van der Waals surface area contributed by atoms with Gasteiger partial charge in [-0.05, 0) is 42.8 Å². The molecule has 3 N–H and O–H groups in total. The minimum absolute atomic E-state index is 0.453. The fourth-order valence-corrected chi connectivity index (χ4v) is 2.70. The summed E-state index contributed by atoms with van der Waals surface area (Å²) >= 11 is 4.92. The SMILES string of the molecule is CC1CCC(C(C)C)C(NC(N)=S)C1. The van der Waals surface area contributed by atoms with Crippen LogP contribution in [0.15, 0.2) is 0 Å². The Kier molecular flexibility index (Phi) is 4.17. The van der Waals surface area contributed by atoms with E-state index >= 15 is 0 Å². The molecule has 2 nitrogen and oxygen atoms in total. The summed E-state index contributed by atoms with van der Waals surface area (Å²) in [4.78, 5) is 0. The highest BCUT2D eigenvalue weighted by atomic mass is 32.1. The zero-order chi connectivity index (χ0) is 10.7. The van der Waals surface area contributed by atoms with Crippen LogP contribution in [0.4, 0.5) is 0 Å². The van der Waals surface area contributed by atoms with Gasteiger partial charge in [-0.2, -0.15) is 0 Å². The Morgan fingerprint density at radius 3 is 2.57 bits per heavy atom. The van der Waals surface area contributed by atoms with Gasteiger partial charge in [-0.3, -0.25) is 0 Å². The maximum Gasteiger partial charge on any atom is 0.163 e. The van der Waals surface area contributed by atoms with E-state index in [1.54, 1.807) is 0 Å². The maximum atomic E-state index is 5.55. The summed E-state index contributed by atoms with van der Waals surface area (Å²) in [5.41, 5.74) is 5.55. The van der Waals surface area contributed by atoms with Gasteiger partial charge in [0.1, 0.15) is 0 Å². The van der Waals surface area contributed by atoms with E-state index in [-0.39, 0.29) is 0 Å². The highest BCUT2D eigenvalue weighted by Gasteiger charge is 2.30. The molecule has 0 heterocycles. The summed E-state index contributed by atoms with van der Waals surface area (Å²) in [7, 11) is 0. The van der Waals surface area contributed by atoms with E-state index < -0.39 is 0 Å². The molecule has 82 valence electrons. The Morgan fingerprint density at radius 2 is 2.07 bits per heavy atom. The highest BCUT2D eigenvalue weighted by Crippen LogP contribution is 2.33. The fraction of sp³-hybridized carbons (Fsp3) is 0.909. The molecule has 0 radical (unpaired) electrons. The average molecular weight is 214 g/mol. The second-order valence-electron chi connectivity index (χ2n) is 4.94. The molecule has 0 bridgehead atoms. The quantitative estimate of drug-likeness (QED) is 0.693. The van der Waals surface area contributed by atoms with Gasteiger partial charge in [0.15, 0.2) is 5.11 Å². The lowest BCUT2D eigenvalue weighted by molar-refractivity contribution is 0.186. The van der Waals surface area contributed by atoms with Crippen molar-refractivity contribution in [2.75, 3.05) is 0 Å². The Labute approximate surface area is 92.6 Å². The molecular weight excluding hydrogens is 192 g/mol. The first-order valence-corrected chi connectivity index (χ1v) is 5.97. The fourth-order valence-electron chi connectivity index (χ4n) is 2.55. The van der Waals surface area contributed by atoms with Gasteiger partial charge >= 0.3 is 0 Å². The van der Waals surface area contributed by atoms with Gasteiger partial charge in [0.2, 0.25) is 0 Å². The van der Waals surface area contributed by atoms with Gasteiger partial charge in [-0.25, -0.2) is 0 Å². The van der Waals surface area contributed by atoms with E-state index in [1.807, 2.05) is 0 Å².